The van der Waals surface area contributed by atoms with E-state index in [1.807, 2.05) is 0 Å². The predicted octanol–water partition coefficient (Wildman–Crippen LogP) is 0.621. The molecule has 0 N–H and O–H groups in total. The van der Waals surface area contributed by atoms with E-state index in [2.05, 4.69) is 4.74 Å². The molecule has 0 rings (SSSR count). The zero-order chi connectivity index (χ0) is 8.15. The maximum atomic E-state index is 10.7. The van der Waals surface area contributed by atoms with Gasteiger partial charge in [-0.15, -0.1) is 0 Å². The first-order valence-electron chi connectivity index (χ1n) is 3.00. The molecule has 4 nitrogen and oxygen atoms in total. The SMILES string of the molecule is CCOC(=O)N(C)C(C)=O. The van der Waals surface area contributed by atoms with Crippen LogP contribution in [-0.4, -0.2) is 30.6 Å². The monoisotopic (exact) mass is 145 g/mol. The van der Waals surface area contributed by atoms with Crippen LogP contribution in [0.25, 0.3) is 0 Å². The Balaban J connectivity index is 3.82. The summed E-state index contributed by atoms with van der Waals surface area (Å²) in [5.41, 5.74) is 0. The van der Waals surface area contributed by atoms with Crippen molar-refractivity contribution in [1.82, 2.24) is 4.90 Å². The molecule has 0 aromatic rings. The fourth-order valence-electron chi connectivity index (χ4n) is 0.349. The van der Waals surface area contributed by atoms with Crippen molar-refractivity contribution in [3.8, 4) is 0 Å². The van der Waals surface area contributed by atoms with Gasteiger partial charge in [0.15, 0.2) is 0 Å². The van der Waals surface area contributed by atoms with Crippen LogP contribution in [0, 0.1) is 0 Å². The van der Waals surface area contributed by atoms with Gasteiger partial charge in [0, 0.05) is 14.0 Å². The first-order valence-corrected chi connectivity index (χ1v) is 3.00. The van der Waals surface area contributed by atoms with Gasteiger partial charge < -0.3 is 4.74 Å². The van der Waals surface area contributed by atoms with Crippen molar-refractivity contribution in [3.05, 3.63) is 0 Å². The molecule has 0 aliphatic rings. The highest BCUT2D eigenvalue weighted by atomic mass is 16.6. The molecule has 4 heteroatoms. The topological polar surface area (TPSA) is 46.6 Å². The van der Waals surface area contributed by atoms with E-state index in [9.17, 15) is 9.59 Å². The number of ether oxygens (including phenoxy) is 1. The molecule has 0 radical (unpaired) electrons. The summed E-state index contributed by atoms with van der Waals surface area (Å²) < 4.78 is 4.53. The van der Waals surface area contributed by atoms with Crippen molar-refractivity contribution in [2.24, 2.45) is 0 Å². The van der Waals surface area contributed by atoms with E-state index < -0.39 is 6.09 Å². The summed E-state index contributed by atoms with van der Waals surface area (Å²) in [6.07, 6.45) is -0.602. The van der Waals surface area contributed by atoms with E-state index in [0.29, 0.717) is 0 Å². The van der Waals surface area contributed by atoms with Crippen LogP contribution in [0.4, 0.5) is 4.79 Å². The van der Waals surface area contributed by atoms with Crippen LogP contribution in [0.1, 0.15) is 13.8 Å². The highest BCUT2D eigenvalue weighted by Crippen LogP contribution is 1.89. The Kier molecular flexibility index (Phi) is 3.46. The first-order chi connectivity index (χ1) is 4.59. The van der Waals surface area contributed by atoms with Gasteiger partial charge in [-0.1, -0.05) is 0 Å². The van der Waals surface area contributed by atoms with Crippen LogP contribution in [-0.2, 0) is 9.53 Å². The number of carbonyl (C=O) groups is 2. The Morgan fingerprint density at radius 2 is 2.00 bits per heavy atom. The van der Waals surface area contributed by atoms with E-state index >= 15 is 0 Å². The molecule has 0 aromatic heterocycles. The molecule has 0 aliphatic heterocycles. The summed E-state index contributed by atoms with van der Waals surface area (Å²) in [5.74, 6) is -0.321. The summed E-state index contributed by atoms with van der Waals surface area (Å²) in [6, 6.07) is 0. The van der Waals surface area contributed by atoms with Gasteiger partial charge in [-0.3, -0.25) is 9.69 Å². The first kappa shape index (κ1) is 8.94. The summed E-state index contributed by atoms with van der Waals surface area (Å²) in [7, 11) is 1.38. The van der Waals surface area contributed by atoms with Gasteiger partial charge in [-0.2, -0.15) is 0 Å². The lowest BCUT2D eigenvalue weighted by Gasteiger charge is -2.10. The number of hydrogen-bond acceptors (Lipinski definition) is 3. The highest BCUT2D eigenvalue weighted by molar-refractivity contribution is 5.89. The second-order valence-corrected chi connectivity index (χ2v) is 1.78. The third kappa shape index (κ3) is 2.48. The van der Waals surface area contributed by atoms with Gasteiger partial charge in [0.05, 0.1) is 6.61 Å². The van der Waals surface area contributed by atoms with Gasteiger partial charge in [0.1, 0.15) is 0 Å². The van der Waals surface area contributed by atoms with Crippen molar-refractivity contribution < 1.29 is 14.3 Å². The van der Waals surface area contributed by atoms with Gasteiger partial charge in [-0.05, 0) is 6.92 Å². The minimum atomic E-state index is -0.602. The molecule has 0 bridgehead atoms. The van der Waals surface area contributed by atoms with Gasteiger partial charge in [-0.25, -0.2) is 4.79 Å². The summed E-state index contributed by atoms with van der Waals surface area (Å²) >= 11 is 0. The van der Waals surface area contributed by atoms with Gasteiger partial charge in [0.2, 0.25) is 5.91 Å². The Hall–Kier alpha value is -1.06. The van der Waals surface area contributed by atoms with E-state index in [0.717, 1.165) is 4.90 Å². The van der Waals surface area contributed by atoms with Crippen LogP contribution < -0.4 is 0 Å². The average Bonchev–Trinajstić information content (AvgIpc) is 1.87. The maximum Gasteiger partial charge on any atom is 0.416 e. The summed E-state index contributed by atoms with van der Waals surface area (Å²) in [5, 5.41) is 0. The number of nitrogens with zero attached hydrogens (tertiary/aromatic N) is 1. The van der Waals surface area contributed by atoms with Gasteiger partial charge >= 0.3 is 6.09 Å². The minimum absolute atomic E-state index is 0.288. The largest absolute Gasteiger partial charge is 0.449 e. The van der Waals surface area contributed by atoms with Crippen molar-refractivity contribution in [2.45, 2.75) is 13.8 Å². The Morgan fingerprint density at radius 3 is 2.30 bits per heavy atom. The van der Waals surface area contributed by atoms with E-state index in [1.54, 1.807) is 6.92 Å². The molecule has 10 heavy (non-hydrogen) atoms. The highest BCUT2D eigenvalue weighted by Gasteiger charge is 2.11. The van der Waals surface area contributed by atoms with Crippen LogP contribution in [0.2, 0.25) is 0 Å². The number of rotatable bonds is 1. The predicted molar refractivity (Wildman–Crippen MR) is 35.5 cm³/mol. The van der Waals surface area contributed by atoms with E-state index in [4.69, 9.17) is 0 Å². The molecule has 0 fully saturated rings. The molecule has 0 aliphatic carbocycles. The molecular weight excluding hydrogens is 134 g/mol. The zero-order valence-electron chi connectivity index (χ0n) is 6.38. The molecule has 0 saturated heterocycles. The fraction of sp³-hybridized carbons (Fsp3) is 0.667. The summed E-state index contributed by atoms with van der Waals surface area (Å²) in [4.78, 5) is 22.1. The Labute approximate surface area is 59.8 Å². The van der Waals surface area contributed by atoms with Crippen molar-refractivity contribution in [2.75, 3.05) is 13.7 Å². The number of hydrogen-bond donors (Lipinski definition) is 0. The van der Waals surface area contributed by atoms with Crippen molar-refractivity contribution >= 4 is 12.0 Å². The van der Waals surface area contributed by atoms with E-state index in [1.165, 1.54) is 14.0 Å². The molecule has 58 valence electrons. The second kappa shape index (κ2) is 3.87. The average molecular weight is 145 g/mol. The van der Waals surface area contributed by atoms with Crippen LogP contribution in [0.5, 0.6) is 0 Å². The molecule has 2 amide bonds. The molecule has 0 saturated carbocycles. The Morgan fingerprint density at radius 1 is 1.50 bits per heavy atom. The van der Waals surface area contributed by atoms with Crippen LogP contribution >= 0.6 is 0 Å². The number of amides is 2. The molecular formula is C6H11NO3. The lowest BCUT2D eigenvalue weighted by atomic mass is 10.6. The quantitative estimate of drug-likeness (QED) is 0.543. The third-order valence-corrected chi connectivity index (χ3v) is 1.01. The smallest absolute Gasteiger partial charge is 0.416 e. The third-order valence-electron chi connectivity index (χ3n) is 1.01. The molecule has 0 aromatic carbocycles. The maximum absolute atomic E-state index is 10.7. The van der Waals surface area contributed by atoms with Crippen LogP contribution in [0.15, 0.2) is 0 Å². The van der Waals surface area contributed by atoms with Crippen molar-refractivity contribution in [1.29, 1.82) is 0 Å². The summed E-state index contributed by atoms with van der Waals surface area (Å²) in [6.45, 7) is 3.28. The zero-order valence-corrected chi connectivity index (χ0v) is 6.38. The molecule has 0 atom stereocenters. The molecule has 0 unspecified atom stereocenters. The standard InChI is InChI=1S/C6H11NO3/c1-4-10-6(9)7(3)5(2)8/h4H2,1-3H3. The lowest BCUT2D eigenvalue weighted by molar-refractivity contribution is -0.126. The normalized spacial score (nSPS) is 8.70. The van der Waals surface area contributed by atoms with Crippen LogP contribution in [0.3, 0.4) is 0 Å². The fourth-order valence-corrected chi connectivity index (χ4v) is 0.349. The minimum Gasteiger partial charge on any atom is -0.449 e. The number of carbonyl (C=O) groups excluding carboxylic acids is 2. The second-order valence-electron chi connectivity index (χ2n) is 1.78. The number of imide groups is 1. The Bertz CT molecular complexity index is 144. The van der Waals surface area contributed by atoms with E-state index in [-0.39, 0.29) is 12.5 Å². The van der Waals surface area contributed by atoms with Crippen molar-refractivity contribution in [3.63, 3.8) is 0 Å². The lowest BCUT2D eigenvalue weighted by Crippen LogP contribution is -2.31. The molecule has 0 spiro atoms. The van der Waals surface area contributed by atoms with Gasteiger partial charge in [0.25, 0.3) is 0 Å². The molecule has 0 heterocycles.